The van der Waals surface area contributed by atoms with Gasteiger partial charge in [0.15, 0.2) is 17.5 Å². The summed E-state index contributed by atoms with van der Waals surface area (Å²) in [6, 6.07) is 61.4. The maximum Gasteiger partial charge on any atom is 0.164 e. The van der Waals surface area contributed by atoms with Gasteiger partial charge in [-0.15, -0.1) is 11.3 Å². The van der Waals surface area contributed by atoms with Crippen LogP contribution in [0, 0.1) is 0 Å². The Kier molecular flexibility index (Phi) is 8.10. The minimum atomic E-state index is 0.128. The molecule has 1 unspecified atom stereocenters. The molecule has 60 heavy (non-hydrogen) atoms. The molecule has 282 valence electrons. The van der Waals surface area contributed by atoms with Gasteiger partial charge in [0.2, 0.25) is 0 Å². The van der Waals surface area contributed by atoms with Crippen LogP contribution in [0.15, 0.2) is 186 Å². The Morgan fingerprint density at radius 3 is 1.68 bits per heavy atom. The van der Waals surface area contributed by atoms with Crippen LogP contribution >= 0.6 is 11.3 Å². The van der Waals surface area contributed by atoms with E-state index in [1.165, 1.54) is 37.5 Å². The molecule has 0 saturated heterocycles. The van der Waals surface area contributed by atoms with Crippen LogP contribution in [0.2, 0.25) is 0 Å². The number of benzene rings is 7. The maximum absolute atomic E-state index is 6.44. The fourth-order valence-corrected chi connectivity index (χ4v) is 9.83. The van der Waals surface area contributed by atoms with Crippen molar-refractivity contribution in [2.24, 2.45) is 0 Å². The Morgan fingerprint density at radius 2 is 0.983 bits per heavy atom. The van der Waals surface area contributed by atoms with Gasteiger partial charge in [-0.3, -0.25) is 0 Å². The summed E-state index contributed by atoms with van der Waals surface area (Å²) in [7, 11) is 0. The van der Waals surface area contributed by atoms with Gasteiger partial charge < -0.3 is 4.42 Å². The normalized spacial score (nSPS) is 13.7. The SMILES string of the molecule is C1=Cc2c(oc3ccccc23)C(c2ccc(-c3nc(-c4ccc(-c5ccccc5)cc4)nc(-c4ccc(-c5nc6sc7ccccc7c6c6ccccc56)cc4)n3)cc2)C1. The van der Waals surface area contributed by atoms with Crippen molar-refractivity contribution in [3.8, 4) is 56.5 Å². The van der Waals surface area contributed by atoms with Crippen LogP contribution in [-0.2, 0) is 0 Å². The van der Waals surface area contributed by atoms with Gasteiger partial charge in [0.1, 0.15) is 16.2 Å². The summed E-state index contributed by atoms with van der Waals surface area (Å²) in [5, 5.41) is 5.97. The van der Waals surface area contributed by atoms with Crippen LogP contribution in [0.5, 0.6) is 0 Å². The Hall–Kier alpha value is -7.54. The molecule has 7 aromatic carbocycles. The Labute approximate surface area is 350 Å². The van der Waals surface area contributed by atoms with Crippen molar-refractivity contribution >= 4 is 59.5 Å². The molecule has 0 N–H and O–H groups in total. The minimum Gasteiger partial charge on any atom is -0.460 e. The van der Waals surface area contributed by atoms with Gasteiger partial charge in [0.25, 0.3) is 0 Å². The number of allylic oxidation sites excluding steroid dienone is 1. The lowest BCUT2D eigenvalue weighted by atomic mass is 9.86. The van der Waals surface area contributed by atoms with Crippen molar-refractivity contribution in [3.05, 3.63) is 199 Å². The second-order valence-corrected chi connectivity index (χ2v) is 16.3. The lowest BCUT2D eigenvalue weighted by molar-refractivity contribution is 0.517. The Bertz CT molecular complexity index is 3440. The van der Waals surface area contributed by atoms with Gasteiger partial charge >= 0.3 is 0 Å². The molecule has 0 saturated carbocycles. The van der Waals surface area contributed by atoms with E-state index in [2.05, 4.69) is 170 Å². The van der Waals surface area contributed by atoms with Crippen molar-refractivity contribution in [2.45, 2.75) is 12.3 Å². The van der Waals surface area contributed by atoms with Gasteiger partial charge in [-0.2, -0.15) is 0 Å². The van der Waals surface area contributed by atoms with Gasteiger partial charge in [-0.05, 0) is 40.6 Å². The zero-order valence-electron chi connectivity index (χ0n) is 32.3. The molecule has 0 radical (unpaired) electrons. The van der Waals surface area contributed by atoms with Crippen molar-refractivity contribution in [1.82, 2.24) is 19.9 Å². The second-order valence-electron chi connectivity index (χ2n) is 15.3. The number of thiophene rings is 1. The average Bonchev–Trinajstić information content (AvgIpc) is 3.90. The van der Waals surface area contributed by atoms with E-state index in [-0.39, 0.29) is 5.92 Å². The Morgan fingerprint density at radius 1 is 0.450 bits per heavy atom. The fraction of sp³-hybridized carbons (Fsp3) is 0.0370. The van der Waals surface area contributed by atoms with E-state index in [1.54, 1.807) is 11.3 Å². The third-order valence-electron chi connectivity index (χ3n) is 11.8. The van der Waals surface area contributed by atoms with Crippen LogP contribution < -0.4 is 0 Å². The van der Waals surface area contributed by atoms with Gasteiger partial charge in [0, 0.05) is 60.0 Å². The van der Waals surface area contributed by atoms with E-state index >= 15 is 0 Å². The quantitative estimate of drug-likeness (QED) is 0.168. The Balaban J connectivity index is 0.937. The number of fused-ring (bicyclic) bond motifs is 8. The predicted molar refractivity (Wildman–Crippen MR) is 247 cm³/mol. The molecule has 0 bridgehead atoms. The van der Waals surface area contributed by atoms with E-state index in [9.17, 15) is 0 Å². The van der Waals surface area contributed by atoms with Crippen molar-refractivity contribution in [3.63, 3.8) is 0 Å². The molecule has 1 atom stereocenters. The topological polar surface area (TPSA) is 64.7 Å². The molecule has 0 fully saturated rings. The summed E-state index contributed by atoms with van der Waals surface area (Å²) in [6.45, 7) is 0. The number of furan rings is 1. The second kappa shape index (κ2) is 14.1. The number of hydrogen-bond donors (Lipinski definition) is 0. The minimum absolute atomic E-state index is 0.128. The predicted octanol–water partition coefficient (Wildman–Crippen LogP) is 14.4. The third kappa shape index (κ3) is 5.83. The highest BCUT2D eigenvalue weighted by Gasteiger charge is 2.25. The number of hydrogen-bond acceptors (Lipinski definition) is 6. The highest BCUT2D eigenvalue weighted by atomic mass is 32.1. The summed E-state index contributed by atoms with van der Waals surface area (Å²) in [6.07, 6.45) is 5.33. The van der Waals surface area contributed by atoms with Crippen LogP contribution in [0.25, 0.3) is 105 Å². The highest BCUT2D eigenvalue weighted by molar-refractivity contribution is 7.25. The lowest BCUT2D eigenvalue weighted by Gasteiger charge is -2.18. The lowest BCUT2D eigenvalue weighted by Crippen LogP contribution is -2.04. The summed E-state index contributed by atoms with van der Waals surface area (Å²) in [4.78, 5) is 21.6. The molecule has 4 aromatic heterocycles. The fourth-order valence-electron chi connectivity index (χ4n) is 8.74. The molecule has 0 aliphatic heterocycles. The number of nitrogens with zero attached hydrogens (tertiary/aromatic N) is 4. The van der Waals surface area contributed by atoms with E-state index in [0.717, 1.165) is 66.9 Å². The first-order chi connectivity index (χ1) is 29.7. The molecule has 0 spiro atoms. The van der Waals surface area contributed by atoms with E-state index in [0.29, 0.717) is 17.5 Å². The molecule has 0 amide bonds. The van der Waals surface area contributed by atoms with Gasteiger partial charge in [0.05, 0.1) is 5.69 Å². The van der Waals surface area contributed by atoms with Crippen LogP contribution in [0.1, 0.15) is 29.2 Å². The first-order valence-corrected chi connectivity index (χ1v) is 21.0. The first-order valence-electron chi connectivity index (χ1n) is 20.2. The molecule has 11 aromatic rings. The number of pyridine rings is 1. The van der Waals surface area contributed by atoms with Crippen LogP contribution in [0.3, 0.4) is 0 Å². The monoisotopic (exact) mass is 786 g/mol. The van der Waals surface area contributed by atoms with Gasteiger partial charge in [-0.25, -0.2) is 19.9 Å². The number of para-hydroxylation sites is 1. The summed E-state index contributed by atoms with van der Waals surface area (Å²) < 4.78 is 7.69. The number of rotatable bonds is 6. The zero-order valence-corrected chi connectivity index (χ0v) is 33.1. The van der Waals surface area contributed by atoms with Crippen molar-refractivity contribution in [1.29, 1.82) is 0 Å². The molecule has 12 rings (SSSR count). The van der Waals surface area contributed by atoms with Gasteiger partial charge in [-0.1, -0.05) is 176 Å². The van der Waals surface area contributed by atoms with E-state index in [4.69, 9.17) is 24.4 Å². The van der Waals surface area contributed by atoms with E-state index in [1.807, 2.05) is 18.2 Å². The molecule has 5 nitrogen and oxygen atoms in total. The molecule has 4 heterocycles. The van der Waals surface area contributed by atoms with Crippen LogP contribution in [0.4, 0.5) is 0 Å². The highest BCUT2D eigenvalue weighted by Crippen LogP contribution is 2.43. The van der Waals surface area contributed by atoms with E-state index < -0.39 is 0 Å². The third-order valence-corrected chi connectivity index (χ3v) is 12.8. The first kappa shape index (κ1) is 34.5. The molecular weight excluding hydrogens is 753 g/mol. The molecular formula is C54H34N4OS. The summed E-state index contributed by atoms with van der Waals surface area (Å²) in [5.74, 6) is 3.00. The standard InChI is InChI=1S/C54H34N4OS/c1-2-11-33(12-3-1)34-21-27-37(28-22-34)51-56-52(38-29-23-35(24-30-38)40-17-10-18-44-41-13-6-8-19-46(41)59-50(40)44)58-53(57-51)39-31-25-36(26-32-39)49-43-15-5-4-14-42(43)48-45-16-7-9-20-47(45)60-54(48)55-49/h1-16,18-32,40H,17H2. The van der Waals surface area contributed by atoms with Crippen molar-refractivity contribution < 1.29 is 4.42 Å². The zero-order chi connectivity index (χ0) is 39.6. The van der Waals surface area contributed by atoms with Crippen molar-refractivity contribution in [2.75, 3.05) is 0 Å². The van der Waals surface area contributed by atoms with Crippen LogP contribution in [-0.4, -0.2) is 19.9 Å². The number of aromatic nitrogens is 4. The molecule has 1 aliphatic rings. The summed E-state index contributed by atoms with van der Waals surface area (Å²) >= 11 is 1.74. The smallest absolute Gasteiger partial charge is 0.164 e. The maximum atomic E-state index is 6.44. The summed E-state index contributed by atoms with van der Waals surface area (Å²) in [5.41, 5.74) is 10.4. The largest absolute Gasteiger partial charge is 0.460 e. The average molecular weight is 787 g/mol. The molecule has 1 aliphatic carbocycles. The molecule has 6 heteroatoms.